The molecule has 6 N–H and O–H groups in total. The summed E-state index contributed by atoms with van der Waals surface area (Å²) in [5.74, 6) is -1.93. The fourth-order valence-electron chi connectivity index (χ4n) is 13.6. The molecular weight excluding hydrogens is 1120 g/mol. The zero-order valence-electron chi connectivity index (χ0n) is 57.0. The van der Waals surface area contributed by atoms with Crippen LogP contribution < -0.4 is 16.4 Å². The Kier molecular flexibility index (Phi) is 32.6. The quantitative estimate of drug-likeness (QED) is 0.0180. The van der Waals surface area contributed by atoms with Crippen molar-refractivity contribution >= 4 is 46.2 Å². The number of ketones is 1. The van der Waals surface area contributed by atoms with Gasteiger partial charge in [0.1, 0.15) is 12.3 Å². The van der Waals surface area contributed by atoms with Gasteiger partial charge in [0, 0.05) is 56.7 Å². The van der Waals surface area contributed by atoms with E-state index in [4.69, 9.17) is 29.4 Å². The lowest BCUT2D eigenvalue weighted by atomic mass is 9.72. The molecule has 500 valence electrons. The van der Waals surface area contributed by atoms with Crippen molar-refractivity contribution in [1.82, 2.24) is 30.3 Å². The molecule has 0 aliphatic carbocycles. The summed E-state index contributed by atoms with van der Waals surface area (Å²) in [5.41, 5.74) is 9.21. The molecule has 2 aliphatic heterocycles. The van der Waals surface area contributed by atoms with Gasteiger partial charge in [-0.05, 0) is 117 Å². The van der Waals surface area contributed by atoms with Gasteiger partial charge in [0.25, 0.3) is 5.91 Å². The van der Waals surface area contributed by atoms with E-state index in [1.54, 1.807) is 20.6 Å². The number of aromatic nitrogens is 1. The lowest BCUT2D eigenvalue weighted by Gasteiger charge is -2.36. The third-order valence-electron chi connectivity index (χ3n) is 19.9. The molecule has 1 aromatic carbocycles. The minimum atomic E-state index is -1.33. The van der Waals surface area contributed by atoms with Gasteiger partial charge in [-0.3, -0.25) is 38.6 Å². The Labute approximate surface area is 529 Å². The van der Waals surface area contributed by atoms with Gasteiger partial charge < -0.3 is 55.0 Å². The number of Topliss-reactive ketones (excluding diaryl/α,β-unsaturated/α-hetero) is 1. The number of likely N-dealkylation sites (tertiary alicyclic amines) is 2. The molecule has 19 heteroatoms. The monoisotopic (exact) mass is 1240 g/mol. The number of nitrogens with two attached hydrogens (primary N) is 1. The van der Waals surface area contributed by atoms with Gasteiger partial charge in [-0.2, -0.15) is 0 Å². The number of carbonyl (C=O) groups is 6. The number of nitrogens with one attached hydrogen (secondary N) is 3. The molecule has 0 saturated carbocycles. The lowest BCUT2D eigenvalue weighted by molar-refractivity contribution is -0.143. The standard InChI is InChI=1S/C69H117N7O12/c1-17-24-48(19-3)49-27-29-53-50(43-71-55(53)39-49)40-56(65(70)80)72-66(81)51(20-4)64(85-16)57-25-23-30-75(57)60(78)42-58(84-15)52(46(11)18-2)28-26-47(12)63(79)61(44(7)8)73-67(82)62(45(9)10)74(14)31-33-86-35-37-88-38-36-87-34-32-76-59(77)41-54(68(76)83)69(13,21-5)22-6/h20,27,29,39,43-48,51-52,54,56-58,61-62,64-65,71,80H,17-19,21-26,28,30-38,40-42,70H2,1-16H3,(H-,72,73,81,82)/p+1. The molecule has 0 radical (unpaired) electrons. The number of aromatic amines is 1. The Bertz CT molecular complexity index is 2450. The molecule has 2 fully saturated rings. The molecule has 1 aromatic heterocycles. The first kappa shape index (κ1) is 76.0. The summed E-state index contributed by atoms with van der Waals surface area (Å²) < 4.78 is 29.6. The summed E-state index contributed by atoms with van der Waals surface area (Å²) in [4.78, 5) is 91.7. The van der Waals surface area contributed by atoms with E-state index in [-0.39, 0.29) is 108 Å². The summed E-state index contributed by atoms with van der Waals surface area (Å²) in [6, 6.07) is 4.11. The topological polar surface area (TPSA) is 244 Å². The number of aliphatic hydroxyl groups excluding tert-OH is 1. The number of hydrogen-bond donors (Lipinski definition) is 5. The van der Waals surface area contributed by atoms with Crippen LogP contribution in [-0.4, -0.2) is 183 Å². The van der Waals surface area contributed by atoms with Crippen LogP contribution in [0.25, 0.3) is 10.9 Å². The predicted molar refractivity (Wildman–Crippen MR) is 347 cm³/mol. The number of H-pyrrole nitrogens is 1. The van der Waals surface area contributed by atoms with Crippen LogP contribution in [0.5, 0.6) is 0 Å². The summed E-state index contributed by atoms with van der Waals surface area (Å²) in [6.45, 7) is 29.8. The molecule has 13 atom stereocenters. The summed E-state index contributed by atoms with van der Waals surface area (Å²) >= 11 is 0. The number of methoxy groups -OCH3 is 2. The molecular formula is C69H118N7O12+. The first-order valence-corrected chi connectivity index (χ1v) is 33.5. The normalized spacial score (nSPS) is 19.6. The molecule has 2 saturated heterocycles. The van der Waals surface area contributed by atoms with E-state index < -0.39 is 42.5 Å². The zero-order valence-corrected chi connectivity index (χ0v) is 57.0. The van der Waals surface area contributed by atoms with E-state index in [9.17, 15) is 33.9 Å². The Balaban J connectivity index is 1.28. The lowest BCUT2D eigenvalue weighted by Crippen LogP contribution is -2.55. The van der Waals surface area contributed by atoms with E-state index >= 15 is 0 Å². The minimum absolute atomic E-state index is 0.0319. The number of fused-ring (bicyclic) bond motifs is 1. The first-order valence-electron chi connectivity index (χ1n) is 33.5. The zero-order chi connectivity index (χ0) is 65.4. The van der Waals surface area contributed by atoms with Crippen LogP contribution in [0.2, 0.25) is 0 Å². The maximum atomic E-state index is 14.6. The highest BCUT2D eigenvalue weighted by Gasteiger charge is 2.48. The van der Waals surface area contributed by atoms with Crippen LogP contribution in [0.4, 0.5) is 0 Å². The van der Waals surface area contributed by atoms with E-state index in [1.807, 2.05) is 64.6 Å². The molecule has 88 heavy (non-hydrogen) atoms. The van der Waals surface area contributed by atoms with E-state index in [2.05, 4.69) is 82.3 Å². The first-order chi connectivity index (χ1) is 41.9. The number of aliphatic hydroxyl groups is 1. The number of nitrogens with zero attached hydrogens (tertiary/aromatic N) is 3. The average Bonchev–Trinajstić information content (AvgIpc) is 2.86. The number of benzene rings is 1. The number of hydrogen-bond acceptors (Lipinski definition) is 14. The van der Waals surface area contributed by atoms with Crippen molar-refractivity contribution < 1.29 is 57.6 Å². The minimum Gasteiger partial charge on any atom is -0.381 e. The van der Waals surface area contributed by atoms with Crippen LogP contribution >= 0.6 is 0 Å². The second kappa shape index (κ2) is 37.8. The Morgan fingerprint density at radius 2 is 1.52 bits per heavy atom. The summed E-state index contributed by atoms with van der Waals surface area (Å²) in [6.07, 6.45) is 10.4. The van der Waals surface area contributed by atoms with Crippen LogP contribution in [0.3, 0.4) is 0 Å². The van der Waals surface area contributed by atoms with Crippen molar-refractivity contribution in [3.63, 3.8) is 0 Å². The number of ether oxygens (including phenoxy) is 5. The molecule has 3 heterocycles. The highest BCUT2D eigenvalue weighted by Crippen LogP contribution is 2.42. The van der Waals surface area contributed by atoms with Crippen molar-refractivity contribution in [2.75, 3.05) is 80.5 Å². The van der Waals surface area contributed by atoms with Gasteiger partial charge in [-0.25, -0.2) is 0 Å². The molecule has 4 rings (SSSR count). The van der Waals surface area contributed by atoms with Crippen molar-refractivity contribution in [2.45, 2.75) is 222 Å². The second-order valence-corrected chi connectivity index (χ2v) is 26.3. The van der Waals surface area contributed by atoms with Gasteiger partial charge in [0.15, 0.2) is 5.78 Å². The van der Waals surface area contributed by atoms with Crippen LogP contribution in [-0.2, 0) is 58.9 Å². The van der Waals surface area contributed by atoms with E-state index in [1.165, 1.54) is 10.5 Å². The van der Waals surface area contributed by atoms with Gasteiger partial charge in [0.05, 0.1) is 102 Å². The maximum Gasteiger partial charge on any atom is 0.271 e. The van der Waals surface area contributed by atoms with E-state index in [0.29, 0.717) is 77.7 Å². The third kappa shape index (κ3) is 20.8. The fourth-order valence-corrected chi connectivity index (χ4v) is 13.6. The van der Waals surface area contributed by atoms with Crippen molar-refractivity contribution in [3.05, 3.63) is 41.9 Å². The Morgan fingerprint density at radius 3 is 2.09 bits per heavy atom. The largest absolute Gasteiger partial charge is 0.381 e. The number of carbonyl (C=O) groups excluding carboxylic acids is 6. The number of rotatable bonds is 44. The SMILES string of the molecule is C[CH+]C(C(=O)NC(Cc1c[nH]c2cc(C(CC)CCC)ccc12)C(N)O)C(OC)C1CCCN1C(=O)CC(OC)C(CCC(C)C(=O)C(NC(=O)C(C(C)C)N(C)CCOCCOCCOCCN1C(=O)CC(C(C)(CC)CC)C1=O)C(C)C)C(C)CC. The van der Waals surface area contributed by atoms with Crippen LogP contribution in [0, 0.1) is 53.3 Å². The molecule has 5 amide bonds. The molecule has 2 aromatic rings. The molecule has 19 nitrogen and oxygen atoms in total. The van der Waals surface area contributed by atoms with Crippen molar-refractivity contribution in [2.24, 2.45) is 52.6 Å². The van der Waals surface area contributed by atoms with Crippen molar-refractivity contribution in [1.29, 1.82) is 0 Å². The van der Waals surface area contributed by atoms with E-state index in [0.717, 1.165) is 61.4 Å². The van der Waals surface area contributed by atoms with Gasteiger partial charge in [-0.15, -0.1) is 0 Å². The number of likely N-dealkylation sites (N-methyl/N-ethyl adjacent to an activating group) is 1. The average molecular weight is 1240 g/mol. The van der Waals surface area contributed by atoms with Gasteiger partial charge in [-0.1, -0.05) is 108 Å². The smallest absolute Gasteiger partial charge is 0.271 e. The molecule has 0 bridgehead atoms. The summed E-state index contributed by atoms with van der Waals surface area (Å²) in [7, 11) is 5.10. The molecule has 13 unspecified atom stereocenters. The molecule has 0 spiro atoms. The van der Waals surface area contributed by atoms with Crippen LogP contribution in [0.1, 0.15) is 184 Å². The summed E-state index contributed by atoms with van der Waals surface area (Å²) in [5, 5.41) is 18.1. The predicted octanol–water partition coefficient (Wildman–Crippen LogP) is 9.01. The maximum absolute atomic E-state index is 14.6. The van der Waals surface area contributed by atoms with Crippen LogP contribution in [0.15, 0.2) is 24.4 Å². The van der Waals surface area contributed by atoms with Gasteiger partial charge >= 0.3 is 0 Å². The Morgan fingerprint density at radius 1 is 0.864 bits per heavy atom. The highest BCUT2D eigenvalue weighted by molar-refractivity contribution is 6.04. The number of imide groups is 1. The third-order valence-corrected chi connectivity index (χ3v) is 19.9. The van der Waals surface area contributed by atoms with Crippen molar-refractivity contribution in [3.8, 4) is 0 Å². The second-order valence-electron chi connectivity index (χ2n) is 26.3. The fraction of sp³-hybridized carbons (Fsp3) is 0.783. The molecule has 2 aliphatic rings. The Hall–Kier alpha value is -4.47. The highest BCUT2D eigenvalue weighted by atomic mass is 16.5. The number of amides is 5. The van der Waals surface area contributed by atoms with Gasteiger partial charge in [0.2, 0.25) is 29.5 Å².